The minimum Gasteiger partial charge on any atom is -0.302 e. The molecule has 1 N–H and O–H groups in total. The van der Waals surface area contributed by atoms with Crippen molar-refractivity contribution in [3.05, 3.63) is 65.7 Å². The molecule has 3 nitrogen and oxygen atoms in total. The molecule has 0 unspecified atom stereocenters. The van der Waals surface area contributed by atoms with Gasteiger partial charge in [-0.05, 0) is 43.3 Å². The standard InChI is InChI=1S/C19H25N3/c1-3-4-14-22(2)16-18-12-10-17(11-13-18)15-20-21-19-8-6-5-7-9-19/h5-13,15,21H,3-4,14,16H2,1-2H3. The number of para-hydroxylation sites is 1. The Morgan fingerprint density at radius 3 is 2.45 bits per heavy atom. The molecule has 0 atom stereocenters. The number of nitrogens with one attached hydrogen (secondary N) is 1. The third-order valence-electron chi connectivity index (χ3n) is 3.51. The van der Waals surface area contributed by atoms with Crippen molar-refractivity contribution in [3.63, 3.8) is 0 Å². The van der Waals surface area contributed by atoms with E-state index in [0.717, 1.165) is 24.3 Å². The smallest absolute Gasteiger partial charge is 0.0561 e. The summed E-state index contributed by atoms with van der Waals surface area (Å²) in [6.45, 7) is 4.38. The third-order valence-corrected chi connectivity index (χ3v) is 3.51. The van der Waals surface area contributed by atoms with Gasteiger partial charge in [0.2, 0.25) is 0 Å². The number of hydrogen-bond acceptors (Lipinski definition) is 3. The molecule has 0 aromatic heterocycles. The average Bonchev–Trinajstić information content (AvgIpc) is 2.55. The van der Waals surface area contributed by atoms with Crippen LogP contribution in [0.5, 0.6) is 0 Å². The lowest BCUT2D eigenvalue weighted by atomic mass is 10.1. The number of hydrogen-bond donors (Lipinski definition) is 1. The fourth-order valence-corrected chi connectivity index (χ4v) is 2.22. The summed E-state index contributed by atoms with van der Waals surface area (Å²) in [7, 11) is 2.18. The summed E-state index contributed by atoms with van der Waals surface area (Å²) in [6, 6.07) is 18.5. The van der Waals surface area contributed by atoms with Gasteiger partial charge in [0.25, 0.3) is 0 Å². The Hall–Kier alpha value is -2.13. The molecule has 0 aliphatic carbocycles. The van der Waals surface area contributed by atoms with Crippen LogP contribution < -0.4 is 5.43 Å². The van der Waals surface area contributed by atoms with E-state index in [1.165, 1.54) is 18.4 Å². The Balaban J connectivity index is 1.83. The van der Waals surface area contributed by atoms with Gasteiger partial charge in [0.15, 0.2) is 0 Å². The zero-order valence-corrected chi connectivity index (χ0v) is 13.5. The number of nitrogens with zero attached hydrogens (tertiary/aromatic N) is 2. The van der Waals surface area contributed by atoms with Crippen molar-refractivity contribution in [2.24, 2.45) is 5.10 Å². The van der Waals surface area contributed by atoms with E-state index in [4.69, 9.17) is 0 Å². The fourth-order valence-electron chi connectivity index (χ4n) is 2.22. The predicted octanol–water partition coefficient (Wildman–Crippen LogP) is 4.36. The third kappa shape index (κ3) is 5.70. The normalized spacial score (nSPS) is 11.2. The highest BCUT2D eigenvalue weighted by Crippen LogP contribution is 2.07. The van der Waals surface area contributed by atoms with E-state index in [2.05, 4.69) is 53.7 Å². The van der Waals surface area contributed by atoms with E-state index < -0.39 is 0 Å². The molecule has 0 fully saturated rings. The Morgan fingerprint density at radius 2 is 1.77 bits per heavy atom. The lowest BCUT2D eigenvalue weighted by Crippen LogP contribution is -2.18. The molecule has 0 heterocycles. The second-order valence-corrected chi connectivity index (χ2v) is 5.57. The van der Waals surface area contributed by atoms with E-state index in [1.807, 2.05) is 36.5 Å². The molecule has 2 aromatic rings. The second kappa shape index (κ2) is 9.00. The van der Waals surface area contributed by atoms with Gasteiger partial charge in [0, 0.05) is 6.54 Å². The molecule has 0 spiro atoms. The van der Waals surface area contributed by atoms with Gasteiger partial charge >= 0.3 is 0 Å². The van der Waals surface area contributed by atoms with Gasteiger partial charge in [-0.15, -0.1) is 0 Å². The molecule has 0 amide bonds. The number of benzene rings is 2. The van der Waals surface area contributed by atoms with Crippen molar-refractivity contribution in [1.82, 2.24) is 4.90 Å². The Bertz CT molecular complexity index is 561. The molecular formula is C19H25N3. The molecule has 116 valence electrons. The predicted molar refractivity (Wildman–Crippen MR) is 95.3 cm³/mol. The van der Waals surface area contributed by atoms with Crippen LogP contribution in [0.2, 0.25) is 0 Å². The molecule has 0 aliphatic heterocycles. The molecule has 2 aromatic carbocycles. The maximum Gasteiger partial charge on any atom is 0.0561 e. The quantitative estimate of drug-likeness (QED) is 0.578. The first-order valence-electron chi connectivity index (χ1n) is 7.89. The highest BCUT2D eigenvalue weighted by molar-refractivity contribution is 5.80. The van der Waals surface area contributed by atoms with Gasteiger partial charge in [0.05, 0.1) is 11.9 Å². The van der Waals surface area contributed by atoms with Gasteiger partial charge < -0.3 is 4.90 Å². The van der Waals surface area contributed by atoms with Crippen LogP contribution in [0, 0.1) is 0 Å². The Kier molecular flexibility index (Phi) is 6.65. The molecule has 22 heavy (non-hydrogen) atoms. The van der Waals surface area contributed by atoms with Gasteiger partial charge in [-0.1, -0.05) is 55.8 Å². The minimum absolute atomic E-state index is 0.993. The molecule has 0 saturated heterocycles. The van der Waals surface area contributed by atoms with Crippen molar-refractivity contribution in [1.29, 1.82) is 0 Å². The topological polar surface area (TPSA) is 27.6 Å². The maximum atomic E-state index is 4.26. The molecule has 3 heteroatoms. The van der Waals surface area contributed by atoms with Crippen LogP contribution in [0.25, 0.3) is 0 Å². The van der Waals surface area contributed by atoms with Crippen LogP contribution in [0.3, 0.4) is 0 Å². The highest BCUT2D eigenvalue weighted by Gasteiger charge is 1.99. The molecule has 0 radical (unpaired) electrons. The number of rotatable bonds is 8. The van der Waals surface area contributed by atoms with Crippen molar-refractivity contribution in [3.8, 4) is 0 Å². The summed E-state index contributed by atoms with van der Waals surface area (Å²) in [6.07, 6.45) is 4.35. The second-order valence-electron chi connectivity index (χ2n) is 5.57. The summed E-state index contributed by atoms with van der Waals surface area (Å²) in [4.78, 5) is 2.36. The summed E-state index contributed by atoms with van der Waals surface area (Å²) >= 11 is 0. The Morgan fingerprint density at radius 1 is 1.05 bits per heavy atom. The highest BCUT2D eigenvalue weighted by atomic mass is 15.3. The Labute approximate surface area is 133 Å². The summed E-state index contributed by atoms with van der Waals surface area (Å²) in [5.74, 6) is 0. The summed E-state index contributed by atoms with van der Waals surface area (Å²) in [5, 5.41) is 4.26. The van der Waals surface area contributed by atoms with Gasteiger partial charge in [-0.2, -0.15) is 5.10 Å². The van der Waals surface area contributed by atoms with Crippen molar-refractivity contribution in [2.45, 2.75) is 26.3 Å². The zero-order valence-electron chi connectivity index (χ0n) is 13.5. The van der Waals surface area contributed by atoms with Crippen LogP contribution in [0.1, 0.15) is 30.9 Å². The van der Waals surface area contributed by atoms with Crippen LogP contribution in [0.4, 0.5) is 5.69 Å². The first-order valence-corrected chi connectivity index (χ1v) is 7.89. The largest absolute Gasteiger partial charge is 0.302 e. The van der Waals surface area contributed by atoms with Crippen LogP contribution >= 0.6 is 0 Å². The molecule has 0 bridgehead atoms. The first-order chi connectivity index (χ1) is 10.8. The molecular weight excluding hydrogens is 270 g/mol. The van der Waals surface area contributed by atoms with Crippen LogP contribution in [-0.2, 0) is 6.54 Å². The van der Waals surface area contributed by atoms with E-state index in [9.17, 15) is 0 Å². The molecule has 0 saturated carbocycles. The zero-order chi connectivity index (χ0) is 15.6. The minimum atomic E-state index is 0.993. The fraction of sp³-hybridized carbons (Fsp3) is 0.316. The number of hydrazone groups is 1. The van der Waals surface area contributed by atoms with Gasteiger partial charge in [-0.3, -0.25) is 5.43 Å². The van der Waals surface area contributed by atoms with Crippen molar-refractivity contribution in [2.75, 3.05) is 19.0 Å². The maximum absolute atomic E-state index is 4.26. The number of unbranched alkanes of at least 4 members (excludes halogenated alkanes) is 1. The lowest BCUT2D eigenvalue weighted by molar-refractivity contribution is 0.321. The first kappa shape index (κ1) is 16.2. The van der Waals surface area contributed by atoms with Gasteiger partial charge in [0.1, 0.15) is 0 Å². The summed E-state index contributed by atoms with van der Waals surface area (Å²) < 4.78 is 0. The summed E-state index contributed by atoms with van der Waals surface area (Å²) in [5.41, 5.74) is 6.46. The van der Waals surface area contributed by atoms with Crippen LogP contribution in [0.15, 0.2) is 59.7 Å². The van der Waals surface area contributed by atoms with Crippen molar-refractivity contribution < 1.29 is 0 Å². The van der Waals surface area contributed by atoms with Crippen molar-refractivity contribution >= 4 is 11.9 Å². The van der Waals surface area contributed by atoms with E-state index in [-0.39, 0.29) is 0 Å². The SMILES string of the molecule is CCCCN(C)Cc1ccc(C=NNc2ccccc2)cc1. The molecule has 2 rings (SSSR count). The monoisotopic (exact) mass is 295 g/mol. The lowest BCUT2D eigenvalue weighted by Gasteiger charge is -2.16. The number of anilines is 1. The molecule has 0 aliphatic rings. The average molecular weight is 295 g/mol. The van der Waals surface area contributed by atoms with Crippen LogP contribution in [-0.4, -0.2) is 24.7 Å². The van der Waals surface area contributed by atoms with Gasteiger partial charge in [-0.25, -0.2) is 0 Å². The van der Waals surface area contributed by atoms with E-state index in [0.29, 0.717) is 0 Å². The van der Waals surface area contributed by atoms with E-state index in [1.54, 1.807) is 0 Å². The van der Waals surface area contributed by atoms with E-state index >= 15 is 0 Å².